The van der Waals surface area contributed by atoms with Gasteiger partial charge in [0.1, 0.15) is 12.1 Å². The number of nitrogens with zero attached hydrogens (tertiary/aromatic N) is 5. The van der Waals surface area contributed by atoms with Crippen LogP contribution in [0.1, 0.15) is 6.92 Å². The molecule has 108 valence electrons. The number of hydrogen-bond donors (Lipinski definition) is 1. The van der Waals surface area contributed by atoms with E-state index in [2.05, 4.69) is 15.1 Å². The second-order valence-electron chi connectivity index (χ2n) is 4.97. The minimum absolute atomic E-state index is 0.0248. The fourth-order valence-corrected chi connectivity index (χ4v) is 2.20. The summed E-state index contributed by atoms with van der Waals surface area (Å²) in [5.41, 5.74) is 1.71. The Labute approximate surface area is 122 Å². The third kappa shape index (κ3) is 2.34. The highest BCUT2D eigenvalue weighted by atomic mass is 16.3. The number of aromatic nitrogens is 4. The van der Waals surface area contributed by atoms with Crippen LogP contribution in [-0.2, 0) is 0 Å². The number of rotatable bonds is 4. The Bertz CT molecular complexity index is 740. The number of aliphatic hydroxyl groups excluding tert-OH is 1. The highest BCUT2D eigenvalue weighted by Crippen LogP contribution is 2.24. The normalized spacial score (nSPS) is 12.5. The maximum absolute atomic E-state index is 9.32. The van der Waals surface area contributed by atoms with Gasteiger partial charge < -0.3 is 10.0 Å². The van der Waals surface area contributed by atoms with Gasteiger partial charge >= 0.3 is 0 Å². The third-order valence-corrected chi connectivity index (χ3v) is 3.61. The molecule has 3 rings (SSSR count). The molecule has 0 radical (unpaired) electrons. The van der Waals surface area contributed by atoms with E-state index >= 15 is 0 Å². The van der Waals surface area contributed by atoms with Gasteiger partial charge in [0, 0.05) is 7.05 Å². The molecule has 0 spiro atoms. The summed E-state index contributed by atoms with van der Waals surface area (Å²) in [4.78, 5) is 10.6. The van der Waals surface area contributed by atoms with Gasteiger partial charge in [0.15, 0.2) is 5.65 Å². The van der Waals surface area contributed by atoms with Crippen LogP contribution in [-0.4, -0.2) is 44.6 Å². The maximum Gasteiger partial charge on any atom is 0.168 e. The van der Waals surface area contributed by atoms with Crippen LogP contribution in [0.15, 0.2) is 42.9 Å². The van der Waals surface area contributed by atoms with Crippen molar-refractivity contribution in [2.75, 3.05) is 18.6 Å². The SMILES string of the molecule is CC(CO)N(C)c1ncnc2c1cnn2-c1ccccc1. The van der Waals surface area contributed by atoms with Crippen molar-refractivity contribution in [3.05, 3.63) is 42.9 Å². The van der Waals surface area contributed by atoms with Crippen LogP contribution in [0.25, 0.3) is 16.7 Å². The highest BCUT2D eigenvalue weighted by Gasteiger charge is 2.16. The van der Waals surface area contributed by atoms with Crippen LogP contribution >= 0.6 is 0 Å². The van der Waals surface area contributed by atoms with Crippen molar-refractivity contribution in [1.82, 2.24) is 19.7 Å². The van der Waals surface area contributed by atoms with E-state index in [9.17, 15) is 5.11 Å². The van der Waals surface area contributed by atoms with E-state index in [-0.39, 0.29) is 12.6 Å². The second kappa shape index (κ2) is 5.49. The predicted molar refractivity (Wildman–Crippen MR) is 81.6 cm³/mol. The molecule has 0 fully saturated rings. The lowest BCUT2D eigenvalue weighted by Crippen LogP contribution is -2.32. The van der Waals surface area contributed by atoms with Crippen molar-refractivity contribution < 1.29 is 5.11 Å². The molecule has 0 aliphatic carbocycles. The molecule has 6 nitrogen and oxygen atoms in total. The van der Waals surface area contributed by atoms with Crippen LogP contribution in [0.5, 0.6) is 0 Å². The molecule has 1 atom stereocenters. The maximum atomic E-state index is 9.32. The molecule has 2 heterocycles. The first-order chi connectivity index (χ1) is 10.2. The Morgan fingerprint density at radius 1 is 1.24 bits per heavy atom. The van der Waals surface area contributed by atoms with Gasteiger partial charge in [-0.15, -0.1) is 0 Å². The Kier molecular flexibility index (Phi) is 3.53. The van der Waals surface area contributed by atoms with Gasteiger partial charge in [0.2, 0.25) is 0 Å². The van der Waals surface area contributed by atoms with E-state index in [0.29, 0.717) is 0 Å². The lowest BCUT2D eigenvalue weighted by atomic mass is 10.3. The van der Waals surface area contributed by atoms with E-state index in [4.69, 9.17) is 0 Å². The molecule has 0 aliphatic heterocycles. The Hall–Kier alpha value is -2.47. The fourth-order valence-electron chi connectivity index (χ4n) is 2.20. The van der Waals surface area contributed by atoms with Gasteiger partial charge in [-0.3, -0.25) is 0 Å². The number of aliphatic hydroxyl groups is 1. The smallest absolute Gasteiger partial charge is 0.168 e. The molecule has 1 N–H and O–H groups in total. The number of anilines is 1. The monoisotopic (exact) mass is 283 g/mol. The number of para-hydroxylation sites is 1. The lowest BCUT2D eigenvalue weighted by Gasteiger charge is -2.24. The van der Waals surface area contributed by atoms with E-state index in [1.165, 1.54) is 6.33 Å². The van der Waals surface area contributed by atoms with Crippen LogP contribution in [0.2, 0.25) is 0 Å². The zero-order valence-electron chi connectivity index (χ0n) is 12.0. The zero-order valence-corrected chi connectivity index (χ0v) is 12.0. The van der Waals surface area contributed by atoms with Gasteiger partial charge in [-0.05, 0) is 19.1 Å². The number of fused-ring (bicyclic) bond motifs is 1. The molecule has 2 aromatic heterocycles. The summed E-state index contributed by atoms with van der Waals surface area (Å²) in [6.07, 6.45) is 3.29. The van der Waals surface area contributed by atoms with Crippen LogP contribution in [0.4, 0.5) is 5.82 Å². The summed E-state index contributed by atoms with van der Waals surface area (Å²) in [5, 5.41) is 14.6. The largest absolute Gasteiger partial charge is 0.394 e. The van der Waals surface area contributed by atoms with Crippen molar-refractivity contribution >= 4 is 16.9 Å². The van der Waals surface area contributed by atoms with E-state index in [1.807, 2.05) is 49.2 Å². The van der Waals surface area contributed by atoms with Crippen molar-refractivity contribution in [2.45, 2.75) is 13.0 Å². The van der Waals surface area contributed by atoms with Gasteiger partial charge in [-0.2, -0.15) is 5.10 Å². The second-order valence-corrected chi connectivity index (χ2v) is 4.97. The van der Waals surface area contributed by atoms with E-state index in [1.54, 1.807) is 10.9 Å². The molecule has 6 heteroatoms. The predicted octanol–water partition coefficient (Wildman–Crippen LogP) is 1.63. The van der Waals surface area contributed by atoms with Crippen LogP contribution < -0.4 is 4.90 Å². The molecule has 0 saturated carbocycles. The number of benzene rings is 1. The molecule has 0 amide bonds. The van der Waals surface area contributed by atoms with E-state index in [0.717, 1.165) is 22.5 Å². The quantitative estimate of drug-likeness (QED) is 0.788. The molecular formula is C15H17N5O. The Balaban J connectivity index is 2.13. The molecule has 1 unspecified atom stereocenters. The van der Waals surface area contributed by atoms with Crippen LogP contribution in [0.3, 0.4) is 0 Å². The van der Waals surface area contributed by atoms with Gasteiger partial charge in [0.05, 0.1) is 29.9 Å². The first-order valence-electron chi connectivity index (χ1n) is 6.80. The highest BCUT2D eigenvalue weighted by molar-refractivity contribution is 5.87. The molecule has 0 saturated heterocycles. The number of likely N-dealkylation sites (N-methyl/N-ethyl adjacent to an activating group) is 1. The standard InChI is InChI=1S/C15H17N5O/c1-11(9-21)19(2)14-13-8-18-20(15(13)17-10-16-14)12-6-4-3-5-7-12/h3-8,10-11,21H,9H2,1-2H3. The summed E-state index contributed by atoms with van der Waals surface area (Å²) < 4.78 is 1.79. The molecule has 0 bridgehead atoms. The topological polar surface area (TPSA) is 67.1 Å². The van der Waals surface area contributed by atoms with Gasteiger partial charge in [0.25, 0.3) is 0 Å². The lowest BCUT2D eigenvalue weighted by molar-refractivity contribution is 0.270. The first-order valence-corrected chi connectivity index (χ1v) is 6.80. The molecule has 21 heavy (non-hydrogen) atoms. The minimum atomic E-state index is -0.0248. The minimum Gasteiger partial charge on any atom is -0.394 e. The fraction of sp³-hybridized carbons (Fsp3) is 0.267. The summed E-state index contributed by atoms with van der Waals surface area (Å²) in [6.45, 7) is 2.00. The molecule has 3 aromatic rings. The zero-order chi connectivity index (χ0) is 14.8. The Morgan fingerprint density at radius 2 is 2.00 bits per heavy atom. The van der Waals surface area contributed by atoms with Crippen molar-refractivity contribution in [2.24, 2.45) is 0 Å². The van der Waals surface area contributed by atoms with Crippen LogP contribution in [0, 0.1) is 0 Å². The van der Waals surface area contributed by atoms with Crippen molar-refractivity contribution in [3.63, 3.8) is 0 Å². The van der Waals surface area contributed by atoms with Crippen molar-refractivity contribution in [1.29, 1.82) is 0 Å². The Morgan fingerprint density at radius 3 is 2.71 bits per heavy atom. The van der Waals surface area contributed by atoms with Gasteiger partial charge in [-0.1, -0.05) is 18.2 Å². The first kappa shape index (κ1) is 13.5. The molecular weight excluding hydrogens is 266 g/mol. The third-order valence-electron chi connectivity index (χ3n) is 3.61. The average molecular weight is 283 g/mol. The summed E-state index contributed by atoms with van der Waals surface area (Å²) in [5.74, 6) is 0.767. The van der Waals surface area contributed by atoms with Crippen molar-refractivity contribution in [3.8, 4) is 5.69 Å². The summed E-state index contributed by atoms with van der Waals surface area (Å²) in [6, 6.07) is 9.83. The summed E-state index contributed by atoms with van der Waals surface area (Å²) >= 11 is 0. The molecule has 0 aliphatic rings. The van der Waals surface area contributed by atoms with E-state index < -0.39 is 0 Å². The molecule has 1 aromatic carbocycles. The average Bonchev–Trinajstić information content (AvgIpc) is 2.98. The number of hydrogen-bond acceptors (Lipinski definition) is 5. The van der Waals surface area contributed by atoms with Gasteiger partial charge in [-0.25, -0.2) is 14.6 Å². The summed E-state index contributed by atoms with van der Waals surface area (Å²) in [7, 11) is 1.91.